The van der Waals surface area contributed by atoms with Crippen LogP contribution in [0.5, 0.6) is 11.5 Å². The summed E-state index contributed by atoms with van der Waals surface area (Å²) in [7, 11) is 0. The van der Waals surface area contributed by atoms with Crippen molar-refractivity contribution in [1.82, 2.24) is 0 Å². The van der Waals surface area contributed by atoms with Crippen LogP contribution < -0.4 is 9.47 Å². The van der Waals surface area contributed by atoms with Gasteiger partial charge in [0.25, 0.3) is 0 Å². The molecule has 0 aromatic heterocycles. The molecule has 3 nitrogen and oxygen atoms in total. The summed E-state index contributed by atoms with van der Waals surface area (Å²) in [6.07, 6.45) is 5.10. The first kappa shape index (κ1) is 18.3. The fourth-order valence-corrected chi connectivity index (χ4v) is 2.46. The van der Waals surface area contributed by atoms with Gasteiger partial charge in [-0.2, -0.15) is 0 Å². The minimum atomic E-state index is -0.393. The molecule has 0 bridgehead atoms. The second-order valence-electron chi connectivity index (χ2n) is 6.06. The average molecular weight is 328 g/mol. The van der Waals surface area contributed by atoms with E-state index in [9.17, 15) is 5.11 Å². The maximum Gasteiger partial charge on any atom is 0.120 e. The highest BCUT2D eigenvalue weighted by Crippen LogP contribution is 2.19. The summed E-state index contributed by atoms with van der Waals surface area (Å²) in [5, 5.41) is 9.93. The van der Waals surface area contributed by atoms with Crippen LogP contribution in [0, 0.1) is 0 Å². The van der Waals surface area contributed by atoms with Gasteiger partial charge in [-0.1, -0.05) is 62.9 Å². The molecule has 0 amide bonds. The van der Waals surface area contributed by atoms with E-state index in [1.807, 2.05) is 54.6 Å². The SMILES string of the molecule is CCCCCCC(O)COc1ccc(OCc2ccccc2)cc1. The van der Waals surface area contributed by atoms with Crippen molar-refractivity contribution in [3.8, 4) is 11.5 Å². The molecule has 0 aliphatic rings. The van der Waals surface area contributed by atoms with E-state index >= 15 is 0 Å². The smallest absolute Gasteiger partial charge is 0.120 e. The molecule has 0 heterocycles. The van der Waals surface area contributed by atoms with Crippen LogP contribution in [0.25, 0.3) is 0 Å². The first-order valence-electron chi connectivity index (χ1n) is 8.85. The van der Waals surface area contributed by atoms with Crippen LogP contribution in [0.1, 0.15) is 44.6 Å². The van der Waals surface area contributed by atoms with Crippen molar-refractivity contribution in [1.29, 1.82) is 0 Å². The summed E-state index contributed by atoms with van der Waals surface area (Å²) in [5.41, 5.74) is 1.14. The van der Waals surface area contributed by atoms with Crippen LogP contribution in [-0.4, -0.2) is 17.8 Å². The number of unbranched alkanes of at least 4 members (excludes halogenated alkanes) is 3. The topological polar surface area (TPSA) is 38.7 Å². The highest BCUT2D eigenvalue weighted by Gasteiger charge is 2.05. The lowest BCUT2D eigenvalue weighted by atomic mass is 10.1. The van der Waals surface area contributed by atoms with Gasteiger partial charge in [0, 0.05) is 0 Å². The third-order valence-electron chi connectivity index (χ3n) is 3.91. The standard InChI is InChI=1S/C21H28O3/c1-2-3-4-8-11-19(22)17-24-21-14-12-20(13-15-21)23-16-18-9-6-5-7-10-18/h5-7,9-10,12-15,19,22H,2-4,8,11,16-17H2,1H3. The highest BCUT2D eigenvalue weighted by molar-refractivity contribution is 5.31. The van der Waals surface area contributed by atoms with Crippen molar-refractivity contribution in [2.24, 2.45) is 0 Å². The molecule has 2 aromatic rings. The van der Waals surface area contributed by atoms with Crippen LogP contribution in [0.15, 0.2) is 54.6 Å². The molecular formula is C21H28O3. The Hall–Kier alpha value is -2.00. The summed E-state index contributed by atoms with van der Waals surface area (Å²) in [5.74, 6) is 1.57. The molecule has 24 heavy (non-hydrogen) atoms. The monoisotopic (exact) mass is 328 g/mol. The molecule has 2 aromatic carbocycles. The van der Waals surface area contributed by atoms with Crippen LogP contribution in [0.3, 0.4) is 0 Å². The Labute approximate surface area is 145 Å². The zero-order valence-corrected chi connectivity index (χ0v) is 14.5. The Kier molecular flexibility index (Phi) is 8.19. The molecule has 0 aliphatic heterocycles. The molecule has 1 N–H and O–H groups in total. The van der Waals surface area contributed by atoms with E-state index in [0.29, 0.717) is 13.2 Å². The predicted molar refractivity (Wildman–Crippen MR) is 97.5 cm³/mol. The van der Waals surface area contributed by atoms with Crippen molar-refractivity contribution in [2.45, 2.75) is 51.7 Å². The normalized spacial score (nSPS) is 11.9. The molecule has 1 atom stereocenters. The van der Waals surface area contributed by atoms with Crippen molar-refractivity contribution < 1.29 is 14.6 Å². The lowest BCUT2D eigenvalue weighted by Gasteiger charge is -2.13. The molecule has 1 unspecified atom stereocenters. The van der Waals surface area contributed by atoms with Crippen LogP contribution >= 0.6 is 0 Å². The van der Waals surface area contributed by atoms with E-state index in [2.05, 4.69) is 6.92 Å². The molecule has 0 aliphatic carbocycles. The first-order valence-corrected chi connectivity index (χ1v) is 8.85. The second kappa shape index (κ2) is 10.7. The Balaban J connectivity index is 1.68. The molecule has 0 saturated heterocycles. The number of rotatable bonds is 11. The maximum absolute atomic E-state index is 9.93. The first-order chi connectivity index (χ1) is 11.8. The second-order valence-corrected chi connectivity index (χ2v) is 6.06. The van der Waals surface area contributed by atoms with Crippen molar-refractivity contribution in [3.63, 3.8) is 0 Å². The molecule has 0 saturated carbocycles. The van der Waals surface area contributed by atoms with Crippen LogP contribution in [0.4, 0.5) is 0 Å². The minimum absolute atomic E-state index is 0.344. The Bertz CT molecular complexity index is 551. The lowest BCUT2D eigenvalue weighted by molar-refractivity contribution is 0.0975. The van der Waals surface area contributed by atoms with Gasteiger partial charge in [0.2, 0.25) is 0 Å². The van der Waals surface area contributed by atoms with Crippen molar-refractivity contribution >= 4 is 0 Å². The Morgan fingerprint density at radius 1 is 0.833 bits per heavy atom. The van der Waals surface area contributed by atoms with E-state index in [4.69, 9.17) is 9.47 Å². The van der Waals surface area contributed by atoms with Gasteiger partial charge in [-0.3, -0.25) is 0 Å². The van der Waals surface area contributed by atoms with Crippen LogP contribution in [-0.2, 0) is 6.61 Å². The third-order valence-corrected chi connectivity index (χ3v) is 3.91. The molecule has 130 valence electrons. The molecule has 0 fully saturated rings. The van der Waals surface area contributed by atoms with E-state index in [1.54, 1.807) is 0 Å². The number of hydrogen-bond acceptors (Lipinski definition) is 3. The van der Waals surface area contributed by atoms with Gasteiger partial charge in [0.15, 0.2) is 0 Å². The van der Waals surface area contributed by atoms with Crippen molar-refractivity contribution in [3.05, 3.63) is 60.2 Å². The summed E-state index contributed by atoms with van der Waals surface area (Å²) in [6, 6.07) is 17.6. The number of ether oxygens (including phenoxy) is 2. The van der Waals surface area contributed by atoms with Gasteiger partial charge in [0.1, 0.15) is 24.7 Å². The number of aliphatic hydroxyl groups is 1. The maximum atomic E-state index is 9.93. The van der Waals surface area contributed by atoms with E-state index < -0.39 is 6.10 Å². The number of aliphatic hydroxyl groups excluding tert-OH is 1. The zero-order chi connectivity index (χ0) is 17.0. The summed E-state index contributed by atoms with van der Waals surface area (Å²) >= 11 is 0. The minimum Gasteiger partial charge on any atom is -0.491 e. The van der Waals surface area contributed by atoms with Crippen LogP contribution in [0.2, 0.25) is 0 Å². The molecule has 0 radical (unpaired) electrons. The van der Waals surface area contributed by atoms with Gasteiger partial charge in [0.05, 0.1) is 6.10 Å². The average Bonchev–Trinajstić information content (AvgIpc) is 2.63. The quantitative estimate of drug-likeness (QED) is 0.592. The largest absolute Gasteiger partial charge is 0.491 e. The molecular weight excluding hydrogens is 300 g/mol. The fourth-order valence-electron chi connectivity index (χ4n) is 2.46. The van der Waals surface area contributed by atoms with Crippen molar-refractivity contribution in [2.75, 3.05) is 6.61 Å². The predicted octanol–water partition coefficient (Wildman–Crippen LogP) is 4.98. The number of benzene rings is 2. The fraction of sp³-hybridized carbons (Fsp3) is 0.429. The van der Waals surface area contributed by atoms with Gasteiger partial charge in [-0.05, 0) is 36.2 Å². The van der Waals surface area contributed by atoms with Gasteiger partial charge in [-0.25, -0.2) is 0 Å². The summed E-state index contributed by atoms with van der Waals surface area (Å²) in [6.45, 7) is 3.08. The van der Waals surface area contributed by atoms with Gasteiger partial charge in [-0.15, -0.1) is 0 Å². The lowest BCUT2D eigenvalue weighted by Crippen LogP contribution is -2.17. The summed E-state index contributed by atoms with van der Waals surface area (Å²) < 4.78 is 11.4. The Morgan fingerprint density at radius 3 is 2.17 bits per heavy atom. The highest BCUT2D eigenvalue weighted by atomic mass is 16.5. The molecule has 3 heteroatoms. The molecule has 2 rings (SSSR count). The molecule has 0 spiro atoms. The summed E-state index contributed by atoms with van der Waals surface area (Å²) in [4.78, 5) is 0. The van der Waals surface area contributed by atoms with E-state index in [0.717, 1.165) is 29.9 Å². The Morgan fingerprint density at radius 2 is 1.50 bits per heavy atom. The third kappa shape index (κ3) is 7.05. The zero-order valence-electron chi connectivity index (χ0n) is 14.5. The van der Waals surface area contributed by atoms with Gasteiger partial charge < -0.3 is 14.6 Å². The van der Waals surface area contributed by atoms with Gasteiger partial charge >= 0.3 is 0 Å². The van der Waals surface area contributed by atoms with E-state index in [1.165, 1.54) is 19.3 Å². The van der Waals surface area contributed by atoms with E-state index in [-0.39, 0.29) is 0 Å². The number of hydrogen-bond donors (Lipinski definition) is 1.